The first kappa shape index (κ1) is 32.9. The predicted molar refractivity (Wildman–Crippen MR) is 177 cm³/mol. The van der Waals surface area contributed by atoms with Crippen molar-refractivity contribution in [2.45, 2.75) is 44.1 Å². The van der Waals surface area contributed by atoms with Gasteiger partial charge >= 0.3 is 0 Å². The fourth-order valence-electron chi connectivity index (χ4n) is 7.15. The summed E-state index contributed by atoms with van der Waals surface area (Å²) in [5, 5.41) is 0.905. The molecule has 45 heavy (non-hydrogen) atoms. The number of halogens is 2. The van der Waals surface area contributed by atoms with Crippen LogP contribution in [-0.4, -0.2) is 75.2 Å². The van der Waals surface area contributed by atoms with Gasteiger partial charge in [0.25, 0.3) is 5.91 Å². The van der Waals surface area contributed by atoms with Crippen LogP contribution in [0.25, 0.3) is 0 Å². The molecule has 2 saturated heterocycles. The van der Waals surface area contributed by atoms with E-state index in [4.69, 9.17) is 43.1 Å². The van der Waals surface area contributed by atoms with Gasteiger partial charge in [0.15, 0.2) is 11.5 Å². The molecule has 0 saturated carbocycles. The molecule has 2 aliphatic heterocycles. The summed E-state index contributed by atoms with van der Waals surface area (Å²) in [6.45, 7) is 6.79. The highest BCUT2D eigenvalue weighted by Crippen LogP contribution is 2.47. The largest absolute Gasteiger partial charge is 0.493 e. The number of primary amides is 1. The standard InChI is InChI=1S/C35H41Cl2N3O5/c1-21-6-9-26(10-7-21)35(34(38)42)13-15-39(20-27(35)23-8-11-28(36)29(37)16-23)22(2)24-12-14-40(19-24)33(41)25-17-30(43-3)32(45-5)31(18-25)44-4/h6-11,16-18,22,24,27H,12-15,19-20H2,1-5H3,(H2,38,42). The number of carbonyl (C=O) groups excluding carboxylic acids is 2. The Balaban J connectivity index is 1.40. The quantitative estimate of drug-likeness (QED) is 0.300. The van der Waals surface area contributed by atoms with Crippen LogP contribution in [0.15, 0.2) is 54.6 Å². The van der Waals surface area contributed by atoms with Crippen molar-refractivity contribution in [2.24, 2.45) is 11.7 Å². The fraction of sp³-hybridized carbons (Fsp3) is 0.429. The molecule has 2 heterocycles. The average molecular weight is 655 g/mol. The highest BCUT2D eigenvalue weighted by molar-refractivity contribution is 6.42. The number of methoxy groups -OCH3 is 3. The summed E-state index contributed by atoms with van der Waals surface area (Å²) < 4.78 is 16.4. The molecule has 2 fully saturated rings. The fourth-order valence-corrected chi connectivity index (χ4v) is 7.46. The van der Waals surface area contributed by atoms with E-state index in [9.17, 15) is 9.59 Å². The monoisotopic (exact) mass is 653 g/mol. The van der Waals surface area contributed by atoms with Crippen LogP contribution in [0.5, 0.6) is 17.2 Å². The number of ether oxygens (including phenoxy) is 3. The van der Waals surface area contributed by atoms with Crippen LogP contribution >= 0.6 is 23.2 Å². The lowest BCUT2D eigenvalue weighted by Crippen LogP contribution is -2.57. The molecule has 0 spiro atoms. The van der Waals surface area contributed by atoms with Crippen molar-refractivity contribution in [1.29, 1.82) is 0 Å². The van der Waals surface area contributed by atoms with Crippen molar-refractivity contribution < 1.29 is 23.8 Å². The first-order valence-electron chi connectivity index (χ1n) is 15.2. The van der Waals surface area contributed by atoms with Gasteiger partial charge in [0.2, 0.25) is 11.7 Å². The summed E-state index contributed by atoms with van der Waals surface area (Å²) in [6, 6.07) is 17.2. The lowest BCUT2D eigenvalue weighted by atomic mass is 9.62. The molecule has 4 unspecified atom stereocenters. The number of nitrogens with zero attached hydrogens (tertiary/aromatic N) is 2. The van der Waals surface area contributed by atoms with Crippen molar-refractivity contribution in [2.75, 3.05) is 47.5 Å². The summed E-state index contributed by atoms with van der Waals surface area (Å²) in [5.74, 6) is 0.896. The number of rotatable bonds is 9. The highest BCUT2D eigenvalue weighted by atomic mass is 35.5. The number of benzene rings is 3. The van der Waals surface area contributed by atoms with Gasteiger partial charge in [0.05, 0.1) is 36.8 Å². The van der Waals surface area contributed by atoms with E-state index in [0.29, 0.717) is 65.5 Å². The minimum atomic E-state index is -0.911. The number of likely N-dealkylation sites (tertiary alicyclic amines) is 2. The summed E-state index contributed by atoms with van der Waals surface area (Å²) in [5.41, 5.74) is 8.81. The molecule has 2 aliphatic rings. The molecule has 2 amide bonds. The van der Waals surface area contributed by atoms with E-state index in [1.54, 1.807) is 18.2 Å². The second kappa shape index (κ2) is 13.5. The molecule has 5 rings (SSSR count). The lowest BCUT2D eigenvalue weighted by molar-refractivity contribution is -0.126. The van der Waals surface area contributed by atoms with Gasteiger partial charge in [0, 0.05) is 37.2 Å². The number of carbonyl (C=O) groups is 2. The number of hydrogen-bond donors (Lipinski definition) is 1. The maximum atomic E-state index is 13.7. The maximum Gasteiger partial charge on any atom is 0.254 e. The van der Waals surface area contributed by atoms with Crippen molar-refractivity contribution in [3.05, 3.63) is 86.9 Å². The third-order valence-corrected chi connectivity index (χ3v) is 10.6. The number of aryl methyl sites for hydroxylation is 1. The van der Waals surface area contributed by atoms with Crippen LogP contribution in [0.3, 0.4) is 0 Å². The van der Waals surface area contributed by atoms with E-state index in [1.165, 1.54) is 21.3 Å². The normalized spacial score (nSPS) is 22.6. The topological polar surface area (TPSA) is 94.3 Å². The molecule has 0 aromatic heterocycles. The zero-order valence-corrected chi connectivity index (χ0v) is 28.0. The van der Waals surface area contributed by atoms with Crippen LogP contribution < -0.4 is 19.9 Å². The smallest absolute Gasteiger partial charge is 0.254 e. The van der Waals surface area contributed by atoms with Gasteiger partial charge in [0.1, 0.15) is 0 Å². The van der Waals surface area contributed by atoms with Gasteiger partial charge in [-0.25, -0.2) is 0 Å². The molecule has 3 aromatic rings. The zero-order chi connectivity index (χ0) is 32.5. The minimum absolute atomic E-state index is 0.0802. The molecule has 10 heteroatoms. The number of hydrogen-bond acceptors (Lipinski definition) is 6. The molecule has 240 valence electrons. The highest BCUT2D eigenvalue weighted by Gasteiger charge is 2.51. The summed E-state index contributed by atoms with van der Waals surface area (Å²) in [7, 11) is 4.61. The Labute approximate surface area is 275 Å². The SMILES string of the molecule is COc1cc(C(=O)N2CCC(C(C)N3CCC(C(N)=O)(c4ccc(C)cc4)C(c4ccc(Cl)c(Cl)c4)C3)C2)cc(OC)c1OC. The summed E-state index contributed by atoms with van der Waals surface area (Å²) in [4.78, 5) is 31.5. The van der Waals surface area contributed by atoms with Gasteiger partial charge in [-0.05, 0) is 74.5 Å². The van der Waals surface area contributed by atoms with Gasteiger partial charge in [-0.3, -0.25) is 14.5 Å². The van der Waals surface area contributed by atoms with Gasteiger partial charge in [-0.1, -0.05) is 59.1 Å². The van der Waals surface area contributed by atoms with Crippen LogP contribution in [-0.2, 0) is 10.2 Å². The number of nitrogens with two attached hydrogens (primary N) is 1. The summed E-state index contributed by atoms with van der Waals surface area (Å²) in [6.07, 6.45) is 1.42. The third-order valence-electron chi connectivity index (χ3n) is 9.84. The van der Waals surface area contributed by atoms with E-state index >= 15 is 0 Å². The van der Waals surface area contributed by atoms with Crippen LogP contribution in [0.2, 0.25) is 10.0 Å². The van der Waals surface area contributed by atoms with Gasteiger partial charge < -0.3 is 24.8 Å². The Hall–Kier alpha value is -3.46. The van der Waals surface area contributed by atoms with Crippen LogP contribution in [0.4, 0.5) is 0 Å². The van der Waals surface area contributed by atoms with Gasteiger partial charge in [-0.15, -0.1) is 0 Å². The van der Waals surface area contributed by atoms with E-state index in [-0.39, 0.29) is 29.7 Å². The molecular formula is C35H41Cl2N3O5. The van der Waals surface area contributed by atoms with Gasteiger partial charge in [-0.2, -0.15) is 0 Å². The van der Waals surface area contributed by atoms with E-state index in [0.717, 1.165) is 23.1 Å². The van der Waals surface area contributed by atoms with E-state index in [2.05, 4.69) is 11.8 Å². The number of piperidine rings is 1. The predicted octanol–water partition coefficient (Wildman–Crippen LogP) is 6.09. The zero-order valence-electron chi connectivity index (χ0n) is 26.4. The first-order chi connectivity index (χ1) is 21.5. The first-order valence-corrected chi connectivity index (χ1v) is 15.9. The number of amides is 2. The van der Waals surface area contributed by atoms with Crippen molar-refractivity contribution in [3.8, 4) is 17.2 Å². The Morgan fingerprint density at radius 1 is 0.911 bits per heavy atom. The van der Waals surface area contributed by atoms with Crippen molar-refractivity contribution in [3.63, 3.8) is 0 Å². The Morgan fingerprint density at radius 3 is 2.16 bits per heavy atom. The minimum Gasteiger partial charge on any atom is -0.493 e. The molecule has 2 N–H and O–H groups in total. The molecular weight excluding hydrogens is 613 g/mol. The Kier molecular flexibility index (Phi) is 9.87. The molecule has 0 bridgehead atoms. The second-order valence-electron chi connectivity index (χ2n) is 12.1. The van der Waals surface area contributed by atoms with Crippen molar-refractivity contribution >= 4 is 35.0 Å². The average Bonchev–Trinajstić information content (AvgIpc) is 3.55. The van der Waals surface area contributed by atoms with E-state index < -0.39 is 5.41 Å². The van der Waals surface area contributed by atoms with Crippen LogP contribution in [0, 0.1) is 12.8 Å². The van der Waals surface area contributed by atoms with E-state index in [1.807, 2.05) is 48.2 Å². The molecule has 0 aliphatic carbocycles. The molecule has 3 aromatic carbocycles. The third kappa shape index (κ3) is 6.20. The molecule has 8 nitrogen and oxygen atoms in total. The molecule has 4 atom stereocenters. The lowest BCUT2D eigenvalue weighted by Gasteiger charge is -2.49. The van der Waals surface area contributed by atoms with Crippen LogP contribution in [0.1, 0.15) is 52.7 Å². The Morgan fingerprint density at radius 2 is 1.58 bits per heavy atom. The van der Waals surface area contributed by atoms with Crippen molar-refractivity contribution in [1.82, 2.24) is 9.80 Å². The second-order valence-corrected chi connectivity index (χ2v) is 12.9. The molecule has 0 radical (unpaired) electrons. The Bertz CT molecular complexity index is 1540. The summed E-state index contributed by atoms with van der Waals surface area (Å²) >= 11 is 12.8. The maximum absolute atomic E-state index is 13.7.